The minimum atomic E-state index is -1.71. The van der Waals surface area contributed by atoms with E-state index >= 15 is 0 Å². The number of hydrogen-bond acceptors (Lipinski definition) is 13. The third kappa shape index (κ3) is 13.7. The van der Waals surface area contributed by atoms with Gasteiger partial charge in [-0.2, -0.15) is 0 Å². The predicted molar refractivity (Wildman–Crippen MR) is 231 cm³/mol. The monoisotopic (exact) mass is 870 g/mol. The van der Waals surface area contributed by atoms with Crippen molar-refractivity contribution in [2.75, 3.05) is 13.2 Å². The summed E-state index contributed by atoms with van der Waals surface area (Å²) in [4.78, 5) is 26.7. The second-order valence-electron chi connectivity index (χ2n) is 18.0. The van der Waals surface area contributed by atoms with Crippen molar-refractivity contribution in [1.29, 1.82) is 0 Å². The molecule has 0 saturated carbocycles. The second kappa shape index (κ2) is 22.4. The molecular weight excluding hydrogens is 809 g/mol. The Bertz CT molecular complexity index is 1970. The Morgan fingerprint density at radius 2 is 0.937 bits per heavy atom. The van der Waals surface area contributed by atoms with Gasteiger partial charge in [0.2, 0.25) is 0 Å². The Morgan fingerprint density at radius 3 is 1.41 bits per heavy atom. The first-order valence-electron chi connectivity index (χ1n) is 21.5. The Balaban J connectivity index is 1.38. The number of carbonyl (C=O) groups is 2. The summed E-state index contributed by atoms with van der Waals surface area (Å²) >= 11 is 0. The van der Waals surface area contributed by atoms with Crippen molar-refractivity contribution in [2.45, 2.75) is 129 Å². The van der Waals surface area contributed by atoms with Crippen molar-refractivity contribution in [1.82, 2.24) is 0 Å². The van der Waals surface area contributed by atoms with E-state index in [0.717, 1.165) is 22.3 Å². The van der Waals surface area contributed by atoms with Crippen molar-refractivity contribution in [3.05, 3.63) is 144 Å². The van der Waals surface area contributed by atoms with E-state index in [2.05, 4.69) is 0 Å². The summed E-state index contributed by atoms with van der Waals surface area (Å²) in [5, 5.41) is 24.0. The summed E-state index contributed by atoms with van der Waals surface area (Å²) in [5.41, 5.74) is 1.60. The minimum Gasteiger partial charge on any atom is -0.462 e. The summed E-state index contributed by atoms with van der Waals surface area (Å²) in [5.74, 6) is -1.15. The average Bonchev–Trinajstić information content (AvgIpc) is 3.26. The maximum absolute atomic E-state index is 13.5. The summed E-state index contributed by atoms with van der Waals surface area (Å²) in [6.07, 6.45) is -12.6. The molecule has 2 N–H and O–H groups in total. The highest BCUT2D eigenvalue weighted by Gasteiger charge is 2.55. The van der Waals surface area contributed by atoms with Gasteiger partial charge in [0.25, 0.3) is 0 Å². The molecule has 0 bridgehead atoms. The number of ether oxygens (including phenoxy) is 9. The molecule has 2 saturated heterocycles. The van der Waals surface area contributed by atoms with Gasteiger partial charge in [0.15, 0.2) is 18.7 Å². The number of rotatable bonds is 18. The predicted octanol–water partition coefficient (Wildman–Crippen LogP) is 6.69. The number of aliphatic hydroxyl groups excluding tert-OH is 2. The molecule has 340 valence electrons. The fourth-order valence-corrected chi connectivity index (χ4v) is 7.03. The van der Waals surface area contributed by atoms with Gasteiger partial charge in [-0.1, -0.05) is 121 Å². The summed E-state index contributed by atoms with van der Waals surface area (Å²) in [6.45, 7) is 10.3. The van der Waals surface area contributed by atoms with E-state index in [1.165, 1.54) is 0 Å². The van der Waals surface area contributed by atoms with E-state index in [-0.39, 0.29) is 39.6 Å². The zero-order valence-corrected chi connectivity index (χ0v) is 36.9. The van der Waals surface area contributed by atoms with Gasteiger partial charge in [-0.3, -0.25) is 9.59 Å². The van der Waals surface area contributed by atoms with Crippen molar-refractivity contribution >= 4 is 11.9 Å². The molecule has 10 atom stereocenters. The molecule has 13 heteroatoms. The molecule has 0 radical (unpaired) electrons. The van der Waals surface area contributed by atoms with Gasteiger partial charge in [0.05, 0.1) is 43.9 Å². The topological polar surface area (TPSA) is 158 Å². The third-order valence-corrected chi connectivity index (χ3v) is 10.6. The molecule has 0 aliphatic carbocycles. The van der Waals surface area contributed by atoms with Crippen LogP contribution in [-0.4, -0.2) is 96.8 Å². The first-order chi connectivity index (χ1) is 30.2. The van der Waals surface area contributed by atoms with Crippen LogP contribution in [0, 0.1) is 10.8 Å². The Morgan fingerprint density at radius 1 is 0.508 bits per heavy atom. The lowest BCUT2D eigenvalue weighted by molar-refractivity contribution is -0.368. The number of esters is 2. The average molecular weight is 871 g/mol. The number of benzene rings is 4. The van der Waals surface area contributed by atoms with Crippen LogP contribution in [0.3, 0.4) is 0 Å². The SMILES string of the molecule is CC(C)(C)C(=O)OC[C@H]1O[C@@H](O)[C@H](OC(=O)C(C)(C)C)[C@@H](OCc2ccccc2)[C@@H]1O[C@@H]1O[C@H](COCc2ccccc2)[C@H](OCc2ccccc2)[C@H](O)[C@H]1OCc1ccccc1. The fourth-order valence-electron chi connectivity index (χ4n) is 7.03. The number of carbonyl (C=O) groups excluding carboxylic acids is 2. The van der Waals surface area contributed by atoms with E-state index < -0.39 is 84.2 Å². The summed E-state index contributed by atoms with van der Waals surface area (Å²) < 4.78 is 57.4. The highest BCUT2D eigenvalue weighted by Crippen LogP contribution is 2.36. The number of hydrogen-bond donors (Lipinski definition) is 2. The molecule has 0 aromatic heterocycles. The van der Waals surface area contributed by atoms with Crippen LogP contribution in [-0.2, 0) is 78.6 Å². The zero-order chi connectivity index (χ0) is 45.0. The Labute approximate surface area is 370 Å². The van der Waals surface area contributed by atoms with Gasteiger partial charge in [-0.05, 0) is 63.8 Å². The summed E-state index contributed by atoms with van der Waals surface area (Å²) in [6, 6.07) is 38.0. The molecule has 13 nitrogen and oxygen atoms in total. The molecule has 4 aromatic rings. The lowest BCUT2D eigenvalue weighted by Gasteiger charge is -2.48. The largest absolute Gasteiger partial charge is 0.462 e. The molecule has 2 aliphatic rings. The molecule has 2 heterocycles. The normalized spacial score (nSPS) is 26.5. The zero-order valence-electron chi connectivity index (χ0n) is 36.9. The lowest BCUT2D eigenvalue weighted by atomic mass is 9.94. The van der Waals surface area contributed by atoms with Crippen LogP contribution in [0.25, 0.3) is 0 Å². The van der Waals surface area contributed by atoms with Crippen LogP contribution in [0.5, 0.6) is 0 Å². The molecule has 2 fully saturated rings. The van der Waals surface area contributed by atoms with Gasteiger partial charge < -0.3 is 52.8 Å². The van der Waals surface area contributed by atoms with E-state index in [4.69, 9.17) is 42.6 Å². The number of aliphatic hydroxyl groups is 2. The summed E-state index contributed by atoms with van der Waals surface area (Å²) in [7, 11) is 0. The van der Waals surface area contributed by atoms with E-state index in [1.54, 1.807) is 41.5 Å². The third-order valence-electron chi connectivity index (χ3n) is 10.6. The lowest BCUT2D eigenvalue weighted by Crippen LogP contribution is -2.66. The first kappa shape index (κ1) is 47.9. The Hall–Kier alpha value is -4.54. The second-order valence-corrected chi connectivity index (χ2v) is 18.0. The van der Waals surface area contributed by atoms with E-state index in [1.807, 2.05) is 121 Å². The molecule has 4 aromatic carbocycles. The smallest absolute Gasteiger partial charge is 0.311 e. The quantitative estimate of drug-likeness (QED) is 0.102. The van der Waals surface area contributed by atoms with Crippen molar-refractivity contribution in [2.24, 2.45) is 10.8 Å². The molecule has 0 amide bonds. The van der Waals surface area contributed by atoms with Gasteiger partial charge in [0, 0.05) is 0 Å². The van der Waals surface area contributed by atoms with Crippen LogP contribution in [0.4, 0.5) is 0 Å². The van der Waals surface area contributed by atoms with E-state index in [9.17, 15) is 19.8 Å². The highest BCUT2D eigenvalue weighted by molar-refractivity contribution is 5.76. The van der Waals surface area contributed by atoms with Crippen LogP contribution in [0.2, 0.25) is 0 Å². The highest BCUT2D eigenvalue weighted by atomic mass is 16.7. The maximum atomic E-state index is 13.5. The van der Waals surface area contributed by atoms with Crippen molar-refractivity contribution in [3.63, 3.8) is 0 Å². The van der Waals surface area contributed by atoms with Crippen LogP contribution < -0.4 is 0 Å². The molecule has 0 unspecified atom stereocenters. The maximum Gasteiger partial charge on any atom is 0.311 e. The van der Waals surface area contributed by atoms with Gasteiger partial charge in [-0.15, -0.1) is 0 Å². The van der Waals surface area contributed by atoms with Crippen LogP contribution >= 0.6 is 0 Å². The molecular formula is C50H62O13. The van der Waals surface area contributed by atoms with E-state index in [0.29, 0.717) is 0 Å². The van der Waals surface area contributed by atoms with Crippen molar-refractivity contribution in [3.8, 4) is 0 Å². The molecule has 6 rings (SSSR count). The van der Waals surface area contributed by atoms with Gasteiger partial charge in [0.1, 0.15) is 49.3 Å². The van der Waals surface area contributed by atoms with Gasteiger partial charge in [-0.25, -0.2) is 0 Å². The Kier molecular flexibility index (Phi) is 17.0. The van der Waals surface area contributed by atoms with Crippen LogP contribution in [0.1, 0.15) is 63.8 Å². The molecule has 2 aliphatic heterocycles. The first-order valence-corrected chi connectivity index (χ1v) is 21.5. The standard InChI is InChI=1S/C50H62O13/c1-49(2,3)47(53)59-32-38-41(43(58-30-36-25-17-10-18-26-36)44(45(52)60-38)63-48(54)50(4,5)6)62-46-42(57-29-35-23-15-9-16-24-35)39(51)40(56-28-34-21-13-8-14-22-34)37(61-46)31-55-27-33-19-11-7-12-20-33/h7-26,37-46,51-52H,27-32H2,1-6H3/t37-,38-,39+,40+,41-,42-,43+,44-,45-,46+/m1/s1. The van der Waals surface area contributed by atoms with Crippen LogP contribution in [0.15, 0.2) is 121 Å². The molecule has 0 spiro atoms. The fraction of sp³-hybridized carbons (Fsp3) is 0.480. The van der Waals surface area contributed by atoms with Gasteiger partial charge >= 0.3 is 11.9 Å². The molecule has 63 heavy (non-hydrogen) atoms. The minimum absolute atomic E-state index is 0.0110. The van der Waals surface area contributed by atoms with Crippen molar-refractivity contribution < 1.29 is 62.4 Å².